The first-order chi connectivity index (χ1) is 15.6. The van der Waals surface area contributed by atoms with Crippen molar-refractivity contribution in [3.05, 3.63) is 35.4 Å². The molecule has 0 bridgehead atoms. The number of primary amides is 1. The van der Waals surface area contributed by atoms with Crippen LogP contribution in [0.4, 0.5) is 0 Å². The first-order valence-corrected chi connectivity index (χ1v) is 12.4. The number of likely N-dealkylation sites (tertiary alicyclic amines) is 2. The molecule has 0 aliphatic carbocycles. The van der Waals surface area contributed by atoms with E-state index in [0.717, 1.165) is 57.9 Å². The Labute approximate surface area is 217 Å². The highest BCUT2D eigenvalue weighted by atomic mass is 127. The Balaban J connectivity index is 0.00000385. The van der Waals surface area contributed by atoms with Crippen LogP contribution in [-0.2, 0) is 17.9 Å². The van der Waals surface area contributed by atoms with Crippen LogP contribution in [-0.4, -0.2) is 68.0 Å². The molecule has 1 amide bonds. The lowest BCUT2D eigenvalue weighted by Crippen LogP contribution is -2.40. The predicted octanol–water partition coefficient (Wildman–Crippen LogP) is 2.93. The lowest BCUT2D eigenvalue weighted by Gasteiger charge is -2.31. The van der Waals surface area contributed by atoms with Gasteiger partial charge in [-0.15, -0.1) is 24.0 Å². The van der Waals surface area contributed by atoms with Gasteiger partial charge in [0.15, 0.2) is 5.96 Å². The Morgan fingerprint density at radius 3 is 2.52 bits per heavy atom. The van der Waals surface area contributed by atoms with Gasteiger partial charge in [0.25, 0.3) is 0 Å². The first kappa shape index (κ1) is 27.9. The van der Waals surface area contributed by atoms with Gasteiger partial charge in [0.1, 0.15) is 0 Å². The van der Waals surface area contributed by atoms with Crippen LogP contribution in [0.3, 0.4) is 0 Å². The molecular weight excluding hydrogens is 527 g/mol. The van der Waals surface area contributed by atoms with Crippen LogP contribution in [0.25, 0.3) is 0 Å². The number of carbonyl (C=O) groups is 1. The summed E-state index contributed by atoms with van der Waals surface area (Å²) in [4.78, 5) is 20.9. The van der Waals surface area contributed by atoms with Gasteiger partial charge in [0.05, 0.1) is 5.92 Å². The maximum Gasteiger partial charge on any atom is 0.221 e. The summed E-state index contributed by atoms with van der Waals surface area (Å²) in [6.45, 7) is 8.01. The van der Waals surface area contributed by atoms with E-state index in [1.54, 1.807) is 0 Å². The molecule has 0 saturated carbocycles. The number of nitrogens with one attached hydrogen (secondary N) is 2. The van der Waals surface area contributed by atoms with Gasteiger partial charge in [-0.3, -0.25) is 14.7 Å². The SMILES string of the molecule is CN=C(NCCCN1CCCCCC1)NCc1cccc(CN2CCCC(C(N)=O)C2)c1.I. The minimum Gasteiger partial charge on any atom is -0.369 e. The Morgan fingerprint density at radius 1 is 1.06 bits per heavy atom. The summed E-state index contributed by atoms with van der Waals surface area (Å²) in [5.41, 5.74) is 8.03. The Morgan fingerprint density at radius 2 is 1.79 bits per heavy atom. The quantitative estimate of drug-likeness (QED) is 0.184. The molecule has 8 heteroatoms. The van der Waals surface area contributed by atoms with Gasteiger partial charge in [0.2, 0.25) is 5.91 Å². The zero-order chi connectivity index (χ0) is 22.6. The molecule has 1 atom stereocenters. The number of halogens is 1. The van der Waals surface area contributed by atoms with Crippen LogP contribution in [0.15, 0.2) is 29.3 Å². The van der Waals surface area contributed by atoms with Gasteiger partial charge >= 0.3 is 0 Å². The summed E-state index contributed by atoms with van der Waals surface area (Å²) in [6, 6.07) is 8.66. The highest BCUT2D eigenvalue weighted by Gasteiger charge is 2.23. The lowest BCUT2D eigenvalue weighted by molar-refractivity contribution is -0.123. The van der Waals surface area contributed by atoms with E-state index in [4.69, 9.17) is 5.73 Å². The molecule has 1 aromatic carbocycles. The van der Waals surface area contributed by atoms with Crippen molar-refractivity contribution in [1.82, 2.24) is 20.4 Å². The van der Waals surface area contributed by atoms with Crippen molar-refractivity contribution >= 4 is 35.8 Å². The molecule has 0 aromatic heterocycles. The topological polar surface area (TPSA) is 86.0 Å². The van der Waals surface area contributed by atoms with E-state index >= 15 is 0 Å². The molecule has 0 spiro atoms. The maximum absolute atomic E-state index is 11.5. The Hall–Kier alpha value is -1.39. The highest BCUT2D eigenvalue weighted by Crippen LogP contribution is 2.18. The second kappa shape index (κ2) is 15.5. The van der Waals surface area contributed by atoms with Crippen molar-refractivity contribution in [2.45, 2.75) is 58.0 Å². The first-order valence-electron chi connectivity index (χ1n) is 12.4. The molecule has 33 heavy (non-hydrogen) atoms. The average molecular weight is 571 g/mol. The van der Waals surface area contributed by atoms with Crippen molar-refractivity contribution in [3.63, 3.8) is 0 Å². The number of piperidine rings is 1. The van der Waals surface area contributed by atoms with Crippen molar-refractivity contribution in [3.8, 4) is 0 Å². The molecule has 2 heterocycles. The van der Waals surface area contributed by atoms with Gasteiger partial charge < -0.3 is 21.3 Å². The normalized spacial score (nSPS) is 20.5. The number of nitrogens with zero attached hydrogens (tertiary/aromatic N) is 3. The molecule has 7 nitrogen and oxygen atoms in total. The molecule has 1 aromatic rings. The van der Waals surface area contributed by atoms with E-state index in [9.17, 15) is 4.79 Å². The molecule has 2 aliphatic heterocycles. The number of nitrogens with two attached hydrogens (primary N) is 1. The van der Waals surface area contributed by atoms with E-state index in [0.29, 0.717) is 0 Å². The van der Waals surface area contributed by atoms with Gasteiger partial charge in [-0.25, -0.2) is 0 Å². The summed E-state index contributed by atoms with van der Waals surface area (Å²) < 4.78 is 0. The van der Waals surface area contributed by atoms with Crippen LogP contribution < -0.4 is 16.4 Å². The molecule has 186 valence electrons. The number of benzene rings is 1. The summed E-state index contributed by atoms with van der Waals surface area (Å²) in [5, 5.41) is 6.89. The molecule has 4 N–H and O–H groups in total. The summed E-state index contributed by atoms with van der Waals surface area (Å²) in [6.07, 6.45) is 8.56. The third-order valence-corrected chi connectivity index (χ3v) is 6.63. The van der Waals surface area contributed by atoms with Crippen LogP contribution in [0.2, 0.25) is 0 Å². The summed E-state index contributed by atoms with van der Waals surface area (Å²) in [7, 11) is 1.83. The van der Waals surface area contributed by atoms with Crippen LogP contribution in [0.1, 0.15) is 56.1 Å². The van der Waals surface area contributed by atoms with Gasteiger partial charge in [-0.1, -0.05) is 37.1 Å². The van der Waals surface area contributed by atoms with Crippen molar-refractivity contribution in [1.29, 1.82) is 0 Å². The highest BCUT2D eigenvalue weighted by molar-refractivity contribution is 14.0. The van der Waals surface area contributed by atoms with Crippen LogP contribution >= 0.6 is 24.0 Å². The third kappa shape index (κ3) is 10.2. The predicted molar refractivity (Wildman–Crippen MR) is 147 cm³/mol. The zero-order valence-corrected chi connectivity index (χ0v) is 22.6. The fraction of sp³-hybridized carbons (Fsp3) is 0.680. The third-order valence-electron chi connectivity index (χ3n) is 6.63. The van der Waals surface area contributed by atoms with E-state index in [1.165, 1.54) is 56.4 Å². The van der Waals surface area contributed by atoms with E-state index < -0.39 is 0 Å². The smallest absolute Gasteiger partial charge is 0.221 e. The number of hydrogen-bond donors (Lipinski definition) is 3. The number of hydrogen-bond acceptors (Lipinski definition) is 4. The number of amides is 1. The molecule has 2 fully saturated rings. The molecule has 2 aliphatic rings. The number of rotatable bonds is 9. The van der Waals surface area contributed by atoms with Gasteiger partial charge in [-0.2, -0.15) is 0 Å². The van der Waals surface area contributed by atoms with Gasteiger partial charge in [-0.05, 0) is 69.4 Å². The Bertz CT molecular complexity index is 735. The minimum atomic E-state index is -0.169. The average Bonchev–Trinajstić information content (AvgIpc) is 3.08. The molecule has 1 unspecified atom stereocenters. The molecular formula is C25H43IN6O. The molecule has 3 rings (SSSR count). The second-order valence-corrected chi connectivity index (χ2v) is 9.26. The van der Waals surface area contributed by atoms with Crippen LogP contribution in [0.5, 0.6) is 0 Å². The van der Waals surface area contributed by atoms with E-state index in [2.05, 4.69) is 49.7 Å². The maximum atomic E-state index is 11.5. The number of aliphatic imine (C=N–C) groups is 1. The van der Waals surface area contributed by atoms with E-state index in [1.807, 2.05) is 7.05 Å². The molecule has 0 radical (unpaired) electrons. The van der Waals surface area contributed by atoms with Crippen LogP contribution in [0, 0.1) is 5.92 Å². The van der Waals surface area contributed by atoms with Crippen molar-refractivity contribution < 1.29 is 4.79 Å². The lowest BCUT2D eigenvalue weighted by atomic mass is 9.97. The number of guanidine groups is 1. The monoisotopic (exact) mass is 570 g/mol. The van der Waals surface area contributed by atoms with Crippen molar-refractivity contribution in [2.24, 2.45) is 16.6 Å². The zero-order valence-electron chi connectivity index (χ0n) is 20.2. The Kier molecular flexibility index (Phi) is 13.1. The molecule has 2 saturated heterocycles. The summed E-state index contributed by atoms with van der Waals surface area (Å²) in [5.74, 6) is 0.673. The second-order valence-electron chi connectivity index (χ2n) is 9.26. The fourth-order valence-corrected chi connectivity index (χ4v) is 4.80. The largest absolute Gasteiger partial charge is 0.369 e. The minimum absolute atomic E-state index is 0. The van der Waals surface area contributed by atoms with Gasteiger partial charge in [0, 0.05) is 33.2 Å². The summed E-state index contributed by atoms with van der Waals surface area (Å²) >= 11 is 0. The van der Waals surface area contributed by atoms with Crippen molar-refractivity contribution in [2.75, 3.05) is 46.3 Å². The fourth-order valence-electron chi connectivity index (χ4n) is 4.80. The van der Waals surface area contributed by atoms with E-state index in [-0.39, 0.29) is 35.8 Å². The standard InChI is InChI=1S/C25H42N6O.HI/c1-27-25(28-12-8-16-30-13-4-2-3-5-14-30)29-18-21-9-6-10-22(17-21)19-31-15-7-11-23(20-31)24(26)32;/h6,9-10,17,23H,2-5,7-8,11-16,18-20H2,1H3,(H2,26,32)(H2,27,28,29);1H. The number of carbonyl (C=O) groups excluding carboxylic acids is 1.